The van der Waals surface area contributed by atoms with Crippen LogP contribution in [0.1, 0.15) is 41.5 Å². The van der Waals surface area contributed by atoms with E-state index in [4.69, 9.17) is 0 Å². The fourth-order valence-electron chi connectivity index (χ4n) is 2.40. The quantitative estimate of drug-likeness (QED) is 0.682. The molecule has 94 valence electrons. The number of rotatable bonds is 1. The van der Waals surface area contributed by atoms with Crippen LogP contribution in [0.2, 0.25) is 0 Å². The molecule has 0 unspecified atom stereocenters. The summed E-state index contributed by atoms with van der Waals surface area (Å²) in [5.41, 5.74) is -0.250. The molecule has 1 saturated heterocycles. The van der Waals surface area contributed by atoms with Gasteiger partial charge in [0, 0.05) is 37.1 Å². The molecule has 1 atom stereocenters. The van der Waals surface area contributed by atoms with Crippen LogP contribution in [0.25, 0.3) is 0 Å². The zero-order chi connectivity index (χ0) is 12.5. The van der Waals surface area contributed by atoms with Crippen LogP contribution in [-0.4, -0.2) is 47.4 Å². The van der Waals surface area contributed by atoms with E-state index in [0.29, 0.717) is 12.1 Å². The summed E-state index contributed by atoms with van der Waals surface area (Å²) in [4.78, 5) is 16.6. The number of nitrogens with zero attached hydrogens (tertiary/aromatic N) is 2. The molecule has 3 nitrogen and oxygen atoms in total. The van der Waals surface area contributed by atoms with Crippen molar-refractivity contribution in [3.8, 4) is 0 Å². The predicted octanol–water partition coefficient (Wildman–Crippen LogP) is 1.97. The number of hydrogen-bond donors (Lipinski definition) is 0. The molecule has 0 saturated carbocycles. The van der Waals surface area contributed by atoms with Gasteiger partial charge in [0.1, 0.15) is 0 Å². The second-order valence-corrected chi connectivity index (χ2v) is 6.18. The second-order valence-electron chi connectivity index (χ2n) is 6.18. The van der Waals surface area contributed by atoms with Crippen molar-refractivity contribution in [3.63, 3.8) is 0 Å². The lowest BCUT2D eigenvalue weighted by Gasteiger charge is -2.43. The first-order valence-corrected chi connectivity index (χ1v) is 6.28. The third-order valence-electron chi connectivity index (χ3n) is 3.27. The average Bonchev–Trinajstić information content (AvgIpc) is 2.14. The number of carbonyl (C=O) groups is 1. The standard InChI is InChI=1S/C13H26N2O/c1-10(2)15-8-7-14(9-11(15)3)12(16)13(4,5)6/h10-11H,7-9H2,1-6H3/t11-/m1/s1. The Morgan fingerprint density at radius 2 is 1.81 bits per heavy atom. The summed E-state index contributed by atoms with van der Waals surface area (Å²) in [5.74, 6) is 0.280. The smallest absolute Gasteiger partial charge is 0.228 e. The van der Waals surface area contributed by atoms with Crippen molar-refractivity contribution in [2.45, 2.75) is 53.6 Å². The highest BCUT2D eigenvalue weighted by Crippen LogP contribution is 2.21. The van der Waals surface area contributed by atoms with Crippen molar-refractivity contribution in [3.05, 3.63) is 0 Å². The predicted molar refractivity (Wildman–Crippen MR) is 67.3 cm³/mol. The Balaban J connectivity index is 2.62. The van der Waals surface area contributed by atoms with E-state index in [9.17, 15) is 4.79 Å². The number of amides is 1. The van der Waals surface area contributed by atoms with Crippen LogP contribution in [0.5, 0.6) is 0 Å². The maximum Gasteiger partial charge on any atom is 0.228 e. The highest BCUT2D eigenvalue weighted by atomic mass is 16.2. The zero-order valence-electron chi connectivity index (χ0n) is 11.6. The Kier molecular flexibility index (Phi) is 4.00. The van der Waals surface area contributed by atoms with Crippen LogP contribution >= 0.6 is 0 Å². The van der Waals surface area contributed by atoms with Crippen molar-refractivity contribution in [1.29, 1.82) is 0 Å². The van der Waals surface area contributed by atoms with E-state index in [-0.39, 0.29) is 11.3 Å². The van der Waals surface area contributed by atoms with Gasteiger partial charge in [0.05, 0.1) is 0 Å². The van der Waals surface area contributed by atoms with E-state index in [1.165, 1.54) is 0 Å². The maximum absolute atomic E-state index is 12.1. The van der Waals surface area contributed by atoms with E-state index in [2.05, 4.69) is 25.7 Å². The Hall–Kier alpha value is -0.570. The van der Waals surface area contributed by atoms with Crippen LogP contribution in [0, 0.1) is 5.41 Å². The summed E-state index contributed by atoms with van der Waals surface area (Å²) in [7, 11) is 0. The van der Waals surface area contributed by atoms with Crippen molar-refractivity contribution in [2.75, 3.05) is 19.6 Å². The topological polar surface area (TPSA) is 23.6 Å². The molecule has 0 spiro atoms. The minimum atomic E-state index is -0.250. The third-order valence-corrected chi connectivity index (χ3v) is 3.27. The summed E-state index contributed by atoms with van der Waals surface area (Å²) in [6, 6.07) is 1.04. The monoisotopic (exact) mass is 226 g/mol. The fourth-order valence-corrected chi connectivity index (χ4v) is 2.40. The first-order valence-electron chi connectivity index (χ1n) is 6.28. The van der Waals surface area contributed by atoms with Gasteiger partial charge in [-0.3, -0.25) is 9.69 Å². The normalized spacial score (nSPS) is 23.9. The van der Waals surface area contributed by atoms with Gasteiger partial charge in [-0.1, -0.05) is 20.8 Å². The van der Waals surface area contributed by atoms with Gasteiger partial charge in [-0.05, 0) is 20.8 Å². The van der Waals surface area contributed by atoms with Gasteiger partial charge in [-0.2, -0.15) is 0 Å². The van der Waals surface area contributed by atoms with E-state index in [1.54, 1.807) is 0 Å². The van der Waals surface area contributed by atoms with Crippen LogP contribution in [0.3, 0.4) is 0 Å². The molecule has 1 aliphatic rings. The van der Waals surface area contributed by atoms with Crippen LogP contribution in [0.15, 0.2) is 0 Å². The molecule has 0 aromatic carbocycles. The van der Waals surface area contributed by atoms with Gasteiger partial charge in [-0.25, -0.2) is 0 Å². The fraction of sp³-hybridized carbons (Fsp3) is 0.923. The molecule has 0 aliphatic carbocycles. The molecule has 1 heterocycles. The summed E-state index contributed by atoms with van der Waals surface area (Å²) in [6.07, 6.45) is 0. The summed E-state index contributed by atoms with van der Waals surface area (Å²) >= 11 is 0. The molecule has 1 rings (SSSR count). The van der Waals surface area contributed by atoms with Gasteiger partial charge in [0.2, 0.25) is 5.91 Å². The molecule has 0 aromatic rings. The molecule has 0 radical (unpaired) electrons. The number of carbonyl (C=O) groups excluding carboxylic acids is 1. The van der Waals surface area contributed by atoms with E-state index < -0.39 is 0 Å². The third kappa shape index (κ3) is 2.97. The number of hydrogen-bond acceptors (Lipinski definition) is 2. The first-order chi connectivity index (χ1) is 7.23. The van der Waals surface area contributed by atoms with Crippen LogP contribution < -0.4 is 0 Å². The maximum atomic E-state index is 12.1. The van der Waals surface area contributed by atoms with Crippen LogP contribution in [-0.2, 0) is 4.79 Å². The highest BCUT2D eigenvalue weighted by Gasteiger charge is 2.32. The van der Waals surface area contributed by atoms with Gasteiger partial charge in [0.25, 0.3) is 0 Å². The largest absolute Gasteiger partial charge is 0.339 e. The minimum Gasteiger partial charge on any atom is -0.339 e. The van der Waals surface area contributed by atoms with Crippen LogP contribution in [0.4, 0.5) is 0 Å². The SMILES string of the molecule is CC(C)N1CCN(C(=O)C(C)(C)C)C[C@H]1C. The molecule has 1 aliphatic heterocycles. The molecular weight excluding hydrogens is 200 g/mol. The molecule has 0 aromatic heterocycles. The zero-order valence-corrected chi connectivity index (χ0v) is 11.6. The molecule has 16 heavy (non-hydrogen) atoms. The van der Waals surface area contributed by atoms with Crippen molar-refractivity contribution >= 4 is 5.91 Å². The van der Waals surface area contributed by atoms with E-state index in [0.717, 1.165) is 19.6 Å². The van der Waals surface area contributed by atoms with E-state index in [1.807, 2.05) is 25.7 Å². The molecule has 0 bridgehead atoms. The molecule has 1 amide bonds. The Morgan fingerprint density at radius 3 is 2.19 bits per heavy atom. The van der Waals surface area contributed by atoms with Gasteiger partial charge < -0.3 is 4.90 Å². The molecule has 1 fully saturated rings. The summed E-state index contributed by atoms with van der Waals surface area (Å²) in [6.45, 7) is 15.4. The Labute approximate surface area is 99.8 Å². The lowest BCUT2D eigenvalue weighted by Crippen LogP contribution is -2.57. The lowest BCUT2D eigenvalue weighted by atomic mass is 9.94. The molecule has 3 heteroatoms. The average molecular weight is 226 g/mol. The lowest BCUT2D eigenvalue weighted by molar-refractivity contribution is -0.142. The van der Waals surface area contributed by atoms with Gasteiger partial charge >= 0.3 is 0 Å². The summed E-state index contributed by atoms with van der Waals surface area (Å²) in [5, 5.41) is 0. The highest BCUT2D eigenvalue weighted by molar-refractivity contribution is 5.81. The second kappa shape index (κ2) is 4.74. The van der Waals surface area contributed by atoms with Crippen molar-refractivity contribution < 1.29 is 4.79 Å². The van der Waals surface area contributed by atoms with Crippen molar-refractivity contribution in [2.24, 2.45) is 5.41 Å². The molecular formula is C13H26N2O. The van der Waals surface area contributed by atoms with Gasteiger partial charge in [-0.15, -0.1) is 0 Å². The Bertz CT molecular complexity index is 255. The first kappa shape index (κ1) is 13.5. The minimum absolute atomic E-state index is 0.250. The van der Waals surface area contributed by atoms with Crippen molar-refractivity contribution in [1.82, 2.24) is 9.80 Å². The van der Waals surface area contributed by atoms with Gasteiger partial charge in [0.15, 0.2) is 0 Å². The number of piperazine rings is 1. The molecule has 0 N–H and O–H groups in total. The van der Waals surface area contributed by atoms with E-state index >= 15 is 0 Å². The Morgan fingerprint density at radius 1 is 1.25 bits per heavy atom. The summed E-state index contributed by atoms with van der Waals surface area (Å²) < 4.78 is 0.